The zero-order valence-corrected chi connectivity index (χ0v) is 14.5. The second kappa shape index (κ2) is 7.16. The van der Waals surface area contributed by atoms with Gasteiger partial charge in [-0.1, -0.05) is 6.07 Å². The average molecular weight is 370 g/mol. The van der Waals surface area contributed by atoms with Crippen molar-refractivity contribution in [3.05, 3.63) is 53.6 Å². The van der Waals surface area contributed by atoms with Crippen LogP contribution >= 0.6 is 0 Å². The van der Waals surface area contributed by atoms with Gasteiger partial charge in [-0.05, 0) is 30.3 Å². The minimum atomic E-state index is -3.76. The highest BCUT2D eigenvalue weighted by Crippen LogP contribution is 2.29. The van der Waals surface area contributed by atoms with Gasteiger partial charge in [0.2, 0.25) is 10.0 Å². The number of carbonyl (C=O) groups is 1. The maximum atomic E-state index is 13.7. The van der Waals surface area contributed by atoms with Crippen molar-refractivity contribution in [2.45, 2.75) is 4.90 Å². The van der Waals surface area contributed by atoms with Gasteiger partial charge in [0.15, 0.2) is 0 Å². The van der Waals surface area contributed by atoms with Crippen LogP contribution in [0.25, 0.3) is 0 Å². The molecule has 0 fully saturated rings. The molecule has 1 amide bonds. The second-order valence-corrected chi connectivity index (χ2v) is 7.35. The van der Waals surface area contributed by atoms with Crippen molar-refractivity contribution in [3.63, 3.8) is 0 Å². The molecule has 6 nitrogen and oxygen atoms in total. The molecule has 2 aromatic rings. The fourth-order valence-electron chi connectivity index (χ4n) is 2.06. The summed E-state index contributed by atoms with van der Waals surface area (Å²) in [5.74, 6) is -2.99. The molecule has 0 saturated heterocycles. The molecule has 9 heteroatoms. The van der Waals surface area contributed by atoms with Crippen LogP contribution in [0.3, 0.4) is 0 Å². The number of halogens is 2. The number of nitrogens with zero attached hydrogens (tertiary/aromatic N) is 1. The summed E-state index contributed by atoms with van der Waals surface area (Å²) in [4.78, 5) is 12.1. The molecule has 0 heterocycles. The van der Waals surface area contributed by atoms with Gasteiger partial charge >= 0.3 is 0 Å². The molecule has 134 valence electrons. The Morgan fingerprint density at radius 2 is 1.72 bits per heavy atom. The number of hydrogen-bond donors (Lipinski definition) is 1. The van der Waals surface area contributed by atoms with E-state index in [9.17, 15) is 22.0 Å². The van der Waals surface area contributed by atoms with Gasteiger partial charge < -0.3 is 10.1 Å². The summed E-state index contributed by atoms with van der Waals surface area (Å²) in [5.41, 5.74) is -0.802. The van der Waals surface area contributed by atoms with E-state index in [1.165, 1.54) is 33.3 Å². The van der Waals surface area contributed by atoms with Crippen LogP contribution in [0.4, 0.5) is 14.5 Å². The van der Waals surface area contributed by atoms with E-state index in [1.807, 2.05) is 0 Å². The molecule has 0 aliphatic rings. The third-order valence-electron chi connectivity index (χ3n) is 3.39. The lowest BCUT2D eigenvalue weighted by atomic mass is 10.1. The summed E-state index contributed by atoms with van der Waals surface area (Å²) in [5, 5.41) is 2.28. The summed E-state index contributed by atoms with van der Waals surface area (Å²) < 4.78 is 57.9. The van der Waals surface area contributed by atoms with E-state index < -0.39 is 33.1 Å². The Morgan fingerprint density at radius 3 is 2.24 bits per heavy atom. The number of carbonyl (C=O) groups excluding carboxylic acids is 1. The van der Waals surface area contributed by atoms with Crippen molar-refractivity contribution in [2.24, 2.45) is 0 Å². The molecule has 0 unspecified atom stereocenters. The second-order valence-electron chi connectivity index (χ2n) is 5.20. The van der Waals surface area contributed by atoms with Crippen LogP contribution in [-0.2, 0) is 10.0 Å². The molecule has 0 aliphatic heterocycles. The van der Waals surface area contributed by atoms with Crippen LogP contribution < -0.4 is 10.1 Å². The SMILES string of the molecule is COc1ccc(S(=O)(=O)N(C)C)cc1NC(=O)c1c(F)cccc1F. The van der Waals surface area contributed by atoms with Gasteiger partial charge in [-0.15, -0.1) is 0 Å². The number of benzene rings is 2. The highest BCUT2D eigenvalue weighted by molar-refractivity contribution is 7.89. The number of hydrogen-bond acceptors (Lipinski definition) is 4. The number of rotatable bonds is 5. The lowest BCUT2D eigenvalue weighted by molar-refractivity contribution is 0.101. The summed E-state index contributed by atoms with van der Waals surface area (Å²) in [6, 6.07) is 6.82. The fraction of sp³-hybridized carbons (Fsp3) is 0.188. The highest BCUT2D eigenvalue weighted by atomic mass is 32.2. The monoisotopic (exact) mass is 370 g/mol. The molecule has 0 bridgehead atoms. The topological polar surface area (TPSA) is 75.7 Å². The third kappa shape index (κ3) is 3.77. The standard InChI is InChI=1S/C16H16F2N2O4S/c1-20(2)25(22,23)10-7-8-14(24-3)13(9-10)19-16(21)15-11(17)5-4-6-12(15)18/h4-9H,1-3H3,(H,19,21). The maximum Gasteiger partial charge on any atom is 0.261 e. The molecule has 0 spiro atoms. The molecule has 2 aromatic carbocycles. The first-order chi connectivity index (χ1) is 11.7. The zero-order valence-electron chi connectivity index (χ0n) is 13.7. The van der Waals surface area contributed by atoms with E-state index in [2.05, 4.69) is 5.32 Å². The first kappa shape index (κ1) is 18.8. The van der Waals surface area contributed by atoms with E-state index >= 15 is 0 Å². The summed E-state index contributed by atoms with van der Waals surface area (Å²) in [6.45, 7) is 0. The lowest BCUT2D eigenvalue weighted by Gasteiger charge is -2.15. The Kier molecular flexibility index (Phi) is 5.39. The van der Waals surface area contributed by atoms with Gasteiger partial charge in [0.25, 0.3) is 5.91 Å². The molecule has 0 aliphatic carbocycles. The van der Waals surface area contributed by atoms with Crippen molar-refractivity contribution in [3.8, 4) is 5.75 Å². The number of methoxy groups -OCH3 is 1. The number of sulfonamides is 1. The Hall–Kier alpha value is -2.52. The van der Waals surface area contributed by atoms with Gasteiger partial charge in [0.1, 0.15) is 22.9 Å². The lowest BCUT2D eigenvalue weighted by Crippen LogP contribution is -2.22. The number of amides is 1. The van der Waals surface area contributed by atoms with Crippen molar-refractivity contribution in [1.82, 2.24) is 4.31 Å². The van der Waals surface area contributed by atoms with Gasteiger partial charge in [0, 0.05) is 14.1 Å². The van der Waals surface area contributed by atoms with E-state index in [4.69, 9.17) is 4.74 Å². The van der Waals surface area contributed by atoms with E-state index in [1.54, 1.807) is 0 Å². The van der Waals surface area contributed by atoms with Crippen molar-refractivity contribution >= 4 is 21.6 Å². The molecule has 2 rings (SSSR count). The molecular formula is C16H16F2N2O4S. The fourth-order valence-corrected chi connectivity index (χ4v) is 2.98. The smallest absolute Gasteiger partial charge is 0.261 e. The van der Waals surface area contributed by atoms with Gasteiger partial charge in [0.05, 0.1) is 17.7 Å². The van der Waals surface area contributed by atoms with E-state index in [0.29, 0.717) is 0 Å². The third-order valence-corrected chi connectivity index (χ3v) is 5.20. The molecule has 0 saturated carbocycles. The van der Waals surface area contributed by atoms with E-state index in [-0.39, 0.29) is 16.3 Å². The number of nitrogens with one attached hydrogen (secondary N) is 1. The van der Waals surface area contributed by atoms with Crippen LogP contribution in [0, 0.1) is 11.6 Å². The Morgan fingerprint density at radius 1 is 1.12 bits per heavy atom. The largest absolute Gasteiger partial charge is 0.495 e. The molecular weight excluding hydrogens is 354 g/mol. The molecule has 0 radical (unpaired) electrons. The van der Waals surface area contributed by atoms with E-state index in [0.717, 1.165) is 28.6 Å². The van der Waals surface area contributed by atoms with Crippen LogP contribution in [0.5, 0.6) is 5.75 Å². The van der Waals surface area contributed by atoms with Crippen molar-refractivity contribution < 1.29 is 26.7 Å². The van der Waals surface area contributed by atoms with Crippen molar-refractivity contribution in [1.29, 1.82) is 0 Å². The number of anilines is 1. The quantitative estimate of drug-likeness (QED) is 0.877. The minimum absolute atomic E-state index is 0.0296. The van der Waals surface area contributed by atoms with Crippen LogP contribution in [-0.4, -0.2) is 39.8 Å². The van der Waals surface area contributed by atoms with Crippen LogP contribution in [0.2, 0.25) is 0 Å². The first-order valence-corrected chi connectivity index (χ1v) is 8.48. The molecule has 25 heavy (non-hydrogen) atoms. The van der Waals surface area contributed by atoms with Crippen molar-refractivity contribution in [2.75, 3.05) is 26.5 Å². The normalized spacial score (nSPS) is 11.4. The predicted octanol–water partition coefficient (Wildman–Crippen LogP) is 2.48. The Labute approximate surface area is 144 Å². The van der Waals surface area contributed by atoms with Crippen LogP contribution in [0.1, 0.15) is 10.4 Å². The Bertz CT molecular complexity index is 894. The highest BCUT2D eigenvalue weighted by Gasteiger charge is 2.22. The maximum absolute atomic E-state index is 13.7. The minimum Gasteiger partial charge on any atom is -0.495 e. The van der Waals surface area contributed by atoms with Gasteiger partial charge in [-0.3, -0.25) is 4.79 Å². The summed E-state index contributed by atoms with van der Waals surface area (Å²) in [6.07, 6.45) is 0. The molecule has 1 N–H and O–H groups in total. The Balaban J connectivity index is 2.46. The first-order valence-electron chi connectivity index (χ1n) is 7.04. The number of ether oxygens (including phenoxy) is 1. The van der Waals surface area contributed by atoms with Crippen LogP contribution in [0.15, 0.2) is 41.3 Å². The average Bonchev–Trinajstić information content (AvgIpc) is 2.54. The summed E-state index contributed by atoms with van der Waals surface area (Å²) >= 11 is 0. The summed E-state index contributed by atoms with van der Waals surface area (Å²) in [7, 11) is 0.259. The van der Waals surface area contributed by atoms with Gasteiger partial charge in [-0.2, -0.15) is 0 Å². The van der Waals surface area contributed by atoms with Gasteiger partial charge in [-0.25, -0.2) is 21.5 Å². The predicted molar refractivity (Wildman–Crippen MR) is 88.2 cm³/mol. The molecule has 0 aromatic heterocycles. The molecule has 0 atom stereocenters. The zero-order chi connectivity index (χ0) is 18.8.